The Hall–Kier alpha value is -1.59. The minimum absolute atomic E-state index is 0.0498. The van der Waals surface area contributed by atoms with Gasteiger partial charge in [0.1, 0.15) is 6.04 Å². The molecule has 116 valence electrons. The highest BCUT2D eigenvalue weighted by Gasteiger charge is 2.19. The number of anilines is 1. The minimum Gasteiger partial charge on any atom is -0.480 e. The molecule has 0 aliphatic carbocycles. The maximum Gasteiger partial charge on any atom is 0.320 e. The van der Waals surface area contributed by atoms with Gasteiger partial charge in [0.15, 0.2) is 0 Å². The molecule has 1 aromatic carbocycles. The van der Waals surface area contributed by atoms with Gasteiger partial charge in [-0.15, -0.1) is 0 Å². The van der Waals surface area contributed by atoms with E-state index in [0.29, 0.717) is 17.1 Å². The number of rotatable bonds is 7. The summed E-state index contributed by atoms with van der Waals surface area (Å²) < 4.78 is 0. The van der Waals surface area contributed by atoms with Crippen molar-refractivity contribution in [2.75, 3.05) is 11.9 Å². The largest absolute Gasteiger partial charge is 0.480 e. The van der Waals surface area contributed by atoms with Crippen LogP contribution in [0.25, 0.3) is 0 Å². The summed E-state index contributed by atoms with van der Waals surface area (Å²) in [5, 5.41) is 15.2. The van der Waals surface area contributed by atoms with E-state index < -0.39 is 12.0 Å². The fourth-order valence-corrected chi connectivity index (χ4v) is 2.15. The van der Waals surface area contributed by atoms with Crippen molar-refractivity contribution < 1.29 is 14.7 Å². The van der Waals surface area contributed by atoms with Crippen LogP contribution in [-0.2, 0) is 9.59 Å². The lowest BCUT2D eigenvalue weighted by atomic mass is 10.0. The molecular weight excluding hydrogens is 292 g/mol. The maximum absolute atomic E-state index is 11.9. The molecule has 0 saturated heterocycles. The third kappa shape index (κ3) is 6.14. The topological polar surface area (TPSA) is 78.4 Å². The van der Waals surface area contributed by atoms with E-state index in [-0.39, 0.29) is 18.4 Å². The van der Waals surface area contributed by atoms with Crippen molar-refractivity contribution in [1.82, 2.24) is 5.32 Å². The highest BCUT2D eigenvalue weighted by Crippen LogP contribution is 2.19. The molecule has 0 heterocycles. The lowest BCUT2D eigenvalue weighted by Gasteiger charge is -2.16. The Morgan fingerprint density at radius 1 is 1.33 bits per heavy atom. The monoisotopic (exact) mass is 312 g/mol. The van der Waals surface area contributed by atoms with Crippen LogP contribution in [0.5, 0.6) is 0 Å². The van der Waals surface area contributed by atoms with Crippen molar-refractivity contribution >= 4 is 29.2 Å². The van der Waals surface area contributed by atoms with Crippen molar-refractivity contribution in [1.29, 1.82) is 0 Å². The second-order valence-corrected chi connectivity index (χ2v) is 5.85. The lowest BCUT2D eigenvalue weighted by Crippen LogP contribution is -2.42. The van der Waals surface area contributed by atoms with Crippen LogP contribution in [0.15, 0.2) is 18.2 Å². The number of amides is 1. The number of carboxylic acids is 1. The number of carboxylic acid groups (broad SMARTS) is 1. The number of benzene rings is 1. The number of nitrogens with one attached hydrogen (secondary N) is 2. The molecule has 0 saturated carbocycles. The molecule has 1 atom stereocenters. The first-order valence-electron chi connectivity index (χ1n) is 6.81. The van der Waals surface area contributed by atoms with Gasteiger partial charge >= 0.3 is 5.97 Å². The normalized spacial score (nSPS) is 12.2. The molecular formula is C15H21ClN2O3. The number of aliphatic carboxylic acids is 1. The van der Waals surface area contributed by atoms with E-state index in [2.05, 4.69) is 10.6 Å². The second-order valence-electron chi connectivity index (χ2n) is 5.41. The Morgan fingerprint density at radius 2 is 2.00 bits per heavy atom. The Labute approximate surface area is 129 Å². The summed E-state index contributed by atoms with van der Waals surface area (Å²) in [5.74, 6) is -0.991. The van der Waals surface area contributed by atoms with E-state index >= 15 is 0 Å². The summed E-state index contributed by atoms with van der Waals surface area (Å²) in [6.07, 6.45) is 0.475. The molecule has 0 aromatic heterocycles. The van der Waals surface area contributed by atoms with Crippen LogP contribution in [0.3, 0.4) is 0 Å². The average molecular weight is 313 g/mol. The molecule has 0 spiro atoms. The van der Waals surface area contributed by atoms with Gasteiger partial charge in [-0.3, -0.25) is 14.9 Å². The highest BCUT2D eigenvalue weighted by atomic mass is 35.5. The van der Waals surface area contributed by atoms with Crippen molar-refractivity contribution in [3.63, 3.8) is 0 Å². The minimum atomic E-state index is -0.945. The van der Waals surface area contributed by atoms with Crippen LogP contribution < -0.4 is 10.6 Å². The van der Waals surface area contributed by atoms with Crippen LogP contribution in [0.1, 0.15) is 25.8 Å². The molecule has 0 fully saturated rings. The molecule has 0 aliphatic heterocycles. The fourth-order valence-electron chi connectivity index (χ4n) is 1.92. The molecule has 0 aliphatic rings. The molecule has 0 radical (unpaired) electrons. The van der Waals surface area contributed by atoms with Gasteiger partial charge < -0.3 is 10.4 Å². The zero-order valence-electron chi connectivity index (χ0n) is 12.4. The zero-order chi connectivity index (χ0) is 16.0. The van der Waals surface area contributed by atoms with E-state index in [9.17, 15) is 9.59 Å². The highest BCUT2D eigenvalue weighted by molar-refractivity contribution is 6.30. The van der Waals surface area contributed by atoms with Crippen LogP contribution >= 0.6 is 11.6 Å². The molecule has 1 rings (SSSR count). The summed E-state index contributed by atoms with van der Waals surface area (Å²) >= 11 is 5.85. The first-order valence-corrected chi connectivity index (χ1v) is 7.19. The molecule has 5 nitrogen and oxygen atoms in total. The first kappa shape index (κ1) is 17.5. The Kier molecular flexibility index (Phi) is 6.65. The Balaban J connectivity index is 2.54. The number of carbonyl (C=O) groups is 2. The third-order valence-corrected chi connectivity index (χ3v) is 3.21. The zero-order valence-corrected chi connectivity index (χ0v) is 13.2. The molecule has 3 N–H and O–H groups in total. The van der Waals surface area contributed by atoms with E-state index in [1.54, 1.807) is 18.2 Å². The number of hydrogen-bond donors (Lipinski definition) is 3. The van der Waals surface area contributed by atoms with Gasteiger partial charge in [0, 0.05) is 10.7 Å². The maximum atomic E-state index is 11.9. The number of aryl methyl sites for hydroxylation is 1. The first-order chi connectivity index (χ1) is 9.79. The van der Waals surface area contributed by atoms with Crippen molar-refractivity contribution in [2.24, 2.45) is 5.92 Å². The molecule has 21 heavy (non-hydrogen) atoms. The summed E-state index contributed by atoms with van der Waals surface area (Å²) in [7, 11) is 0. The van der Waals surface area contributed by atoms with Gasteiger partial charge in [-0.1, -0.05) is 25.4 Å². The van der Waals surface area contributed by atoms with E-state index in [4.69, 9.17) is 16.7 Å². The van der Waals surface area contributed by atoms with Gasteiger partial charge in [-0.05, 0) is 43.0 Å². The number of carbonyl (C=O) groups excluding carboxylic acids is 1. The van der Waals surface area contributed by atoms with Gasteiger partial charge in [0.25, 0.3) is 0 Å². The SMILES string of the molecule is Cc1cc(Cl)ccc1NC(=O)CNC(CC(C)C)C(=O)O. The smallest absolute Gasteiger partial charge is 0.320 e. The average Bonchev–Trinajstić information content (AvgIpc) is 2.37. The number of hydrogen-bond acceptors (Lipinski definition) is 3. The summed E-state index contributed by atoms with van der Waals surface area (Å²) in [5.41, 5.74) is 1.52. The summed E-state index contributed by atoms with van der Waals surface area (Å²) in [6, 6.07) is 4.44. The van der Waals surface area contributed by atoms with Gasteiger partial charge in [0.05, 0.1) is 6.54 Å². The Morgan fingerprint density at radius 3 is 2.52 bits per heavy atom. The predicted molar refractivity (Wildman–Crippen MR) is 83.7 cm³/mol. The van der Waals surface area contributed by atoms with Gasteiger partial charge in [-0.25, -0.2) is 0 Å². The van der Waals surface area contributed by atoms with E-state index in [1.165, 1.54) is 0 Å². The third-order valence-electron chi connectivity index (χ3n) is 2.98. The van der Waals surface area contributed by atoms with Gasteiger partial charge in [-0.2, -0.15) is 0 Å². The molecule has 6 heteroatoms. The van der Waals surface area contributed by atoms with E-state index in [0.717, 1.165) is 5.56 Å². The lowest BCUT2D eigenvalue weighted by molar-refractivity contribution is -0.139. The standard InChI is InChI=1S/C15H21ClN2O3/c1-9(2)6-13(15(20)21)17-8-14(19)18-12-5-4-11(16)7-10(12)3/h4-5,7,9,13,17H,6,8H2,1-3H3,(H,18,19)(H,20,21). The molecule has 0 bridgehead atoms. The van der Waals surface area contributed by atoms with Crippen LogP contribution in [-0.4, -0.2) is 29.6 Å². The van der Waals surface area contributed by atoms with Crippen LogP contribution in [0, 0.1) is 12.8 Å². The number of halogens is 1. The van der Waals surface area contributed by atoms with Gasteiger partial charge in [0.2, 0.25) is 5.91 Å². The van der Waals surface area contributed by atoms with Crippen LogP contribution in [0.4, 0.5) is 5.69 Å². The quantitative estimate of drug-likeness (QED) is 0.723. The predicted octanol–water partition coefficient (Wildman–Crippen LogP) is 2.68. The fraction of sp³-hybridized carbons (Fsp3) is 0.467. The van der Waals surface area contributed by atoms with E-state index in [1.807, 2.05) is 20.8 Å². The Bertz CT molecular complexity index is 518. The van der Waals surface area contributed by atoms with Crippen molar-refractivity contribution in [3.05, 3.63) is 28.8 Å². The van der Waals surface area contributed by atoms with Crippen molar-refractivity contribution in [2.45, 2.75) is 33.2 Å². The van der Waals surface area contributed by atoms with Crippen molar-refractivity contribution in [3.8, 4) is 0 Å². The second kappa shape index (κ2) is 8.00. The van der Waals surface area contributed by atoms with Crippen LogP contribution in [0.2, 0.25) is 5.02 Å². The summed E-state index contributed by atoms with van der Waals surface area (Å²) in [6.45, 7) is 5.67. The molecule has 1 unspecified atom stereocenters. The molecule has 1 amide bonds. The molecule has 1 aromatic rings. The summed E-state index contributed by atoms with van der Waals surface area (Å²) in [4.78, 5) is 23.0.